The molecule has 0 unspecified atom stereocenters. The molecule has 2 rings (SSSR count). The summed E-state index contributed by atoms with van der Waals surface area (Å²) in [5, 5.41) is 24.1. The van der Waals surface area contributed by atoms with Crippen molar-refractivity contribution in [1.82, 2.24) is 9.97 Å². The van der Waals surface area contributed by atoms with E-state index >= 15 is 0 Å². The minimum atomic E-state index is 0.00135. The van der Waals surface area contributed by atoms with Gasteiger partial charge < -0.3 is 15.6 Å². The minimum Gasteiger partial charge on any atom is -0.506 e. The van der Waals surface area contributed by atoms with Crippen molar-refractivity contribution in [2.45, 2.75) is 12.8 Å². The zero-order valence-electron chi connectivity index (χ0n) is 10.9. The molecule has 0 aromatic carbocycles. The van der Waals surface area contributed by atoms with Gasteiger partial charge in [0.2, 0.25) is 0 Å². The lowest BCUT2D eigenvalue weighted by molar-refractivity contribution is 0.321. The van der Waals surface area contributed by atoms with Crippen LogP contribution in [0.4, 0.5) is 5.69 Å². The van der Waals surface area contributed by atoms with Crippen LogP contribution in [0.15, 0.2) is 41.8 Å². The Hall–Kier alpha value is -2.63. The standard InChI is InChI=1S/C14H16N4O2/c19-14-4-3-12(18-13(14)10-17-20)2-1-7-16-11-5-8-15-9-6-11/h3-6,8-10,19-20H,1-2,7H2,(H,15,16)/b17-10+. The van der Waals surface area contributed by atoms with E-state index in [1.165, 1.54) is 0 Å². The average molecular weight is 272 g/mol. The molecule has 20 heavy (non-hydrogen) atoms. The van der Waals surface area contributed by atoms with Gasteiger partial charge in [-0.15, -0.1) is 0 Å². The molecule has 104 valence electrons. The molecule has 0 aliphatic rings. The van der Waals surface area contributed by atoms with Crippen molar-refractivity contribution in [2.75, 3.05) is 11.9 Å². The van der Waals surface area contributed by atoms with Crippen LogP contribution >= 0.6 is 0 Å². The van der Waals surface area contributed by atoms with E-state index in [4.69, 9.17) is 5.21 Å². The lowest BCUT2D eigenvalue weighted by atomic mass is 10.2. The summed E-state index contributed by atoms with van der Waals surface area (Å²) in [7, 11) is 0. The lowest BCUT2D eigenvalue weighted by Crippen LogP contribution is -2.04. The monoisotopic (exact) mass is 272 g/mol. The van der Waals surface area contributed by atoms with Crippen molar-refractivity contribution in [1.29, 1.82) is 0 Å². The molecule has 0 amide bonds. The largest absolute Gasteiger partial charge is 0.506 e. The van der Waals surface area contributed by atoms with Crippen LogP contribution in [0.5, 0.6) is 5.75 Å². The highest BCUT2D eigenvalue weighted by Crippen LogP contribution is 2.14. The number of oxime groups is 1. The Balaban J connectivity index is 1.84. The van der Waals surface area contributed by atoms with Crippen LogP contribution in [0.1, 0.15) is 17.8 Å². The van der Waals surface area contributed by atoms with Crippen molar-refractivity contribution < 1.29 is 10.3 Å². The Labute approximate surface area is 116 Å². The van der Waals surface area contributed by atoms with Crippen LogP contribution in [-0.2, 0) is 6.42 Å². The highest BCUT2D eigenvalue weighted by molar-refractivity contribution is 5.80. The normalized spacial score (nSPS) is 10.8. The molecular weight excluding hydrogens is 256 g/mol. The number of hydrogen-bond donors (Lipinski definition) is 3. The maximum atomic E-state index is 9.50. The van der Waals surface area contributed by atoms with E-state index in [2.05, 4.69) is 20.4 Å². The quantitative estimate of drug-likeness (QED) is 0.324. The van der Waals surface area contributed by atoms with Crippen molar-refractivity contribution in [3.63, 3.8) is 0 Å². The number of hydrogen-bond acceptors (Lipinski definition) is 6. The summed E-state index contributed by atoms with van der Waals surface area (Å²) in [6, 6.07) is 7.13. The predicted molar refractivity (Wildman–Crippen MR) is 76.3 cm³/mol. The summed E-state index contributed by atoms with van der Waals surface area (Å²) < 4.78 is 0. The Kier molecular flexibility index (Phi) is 4.88. The van der Waals surface area contributed by atoms with Crippen LogP contribution in [0.2, 0.25) is 0 Å². The van der Waals surface area contributed by atoms with Crippen molar-refractivity contribution in [2.24, 2.45) is 5.16 Å². The molecule has 3 N–H and O–H groups in total. The van der Waals surface area contributed by atoms with E-state index in [1.807, 2.05) is 12.1 Å². The Morgan fingerprint density at radius 1 is 1.20 bits per heavy atom. The van der Waals surface area contributed by atoms with Gasteiger partial charge in [-0.2, -0.15) is 0 Å². The molecule has 0 radical (unpaired) electrons. The molecule has 0 aliphatic carbocycles. The van der Waals surface area contributed by atoms with Gasteiger partial charge in [-0.1, -0.05) is 5.16 Å². The first-order valence-electron chi connectivity index (χ1n) is 6.30. The topological polar surface area (TPSA) is 90.6 Å². The number of nitrogens with one attached hydrogen (secondary N) is 1. The molecule has 0 fully saturated rings. The predicted octanol–water partition coefficient (Wildman–Crippen LogP) is 2.03. The lowest BCUT2D eigenvalue weighted by Gasteiger charge is -2.06. The molecule has 6 heteroatoms. The highest BCUT2D eigenvalue weighted by atomic mass is 16.4. The van der Waals surface area contributed by atoms with Gasteiger partial charge in [0.1, 0.15) is 11.4 Å². The Morgan fingerprint density at radius 2 is 2.00 bits per heavy atom. The maximum Gasteiger partial charge on any atom is 0.142 e. The molecule has 0 saturated heterocycles. The molecule has 2 heterocycles. The van der Waals surface area contributed by atoms with E-state index < -0.39 is 0 Å². The van der Waals surface area contributed by atoms with Gasteiger partial charge in [0.15, 0.2) is 0 Å². The smallest absolute Gasteiger partial charge is 0.142 e. The molecule has 0 aliphatic heterocycles. The van der Waals surface area contributed by atoms with Crippen molar-refractivity contribution >= 4 is 11.9 Å². The number of aromatic hydroxyl groups is 1. The van der Waals surface area contributed by atoms with Gasteiger partial charge >= 0.3 is 0 Å². The van der Waals surface area contributed by atoms with E-state index in [0.717, 1.165) is 37.0 Å². The fourth-order valence-corrected chi connectivity index (χ4v) is 1.77. The summed E-state index contributed by atoms with van der Waals surface area (Å²) in [4.78, 5) is 8.16. The molecule has 0 saturated carbocycles. The third-order valence-electron chi connectivity index (χ3n) is 2.76. The number of pyridine rings is 2. The second kappa shape index (κ2) is 7.08. The van der Waals surface area contributed by atoms with Gasteiger partial charge in [-0.05, 0) is 37.1 Å². The zero-order valence-corrected chi connectivity index (χ0v) is 10.9. The van der Waals surface area contributed by atoms with E-state index in [-0.39, 0.29) is 11.4 Å². The fourth-order valence-electron chi connectivity index (χ4n) is 1.77. The third kappa shape index (κ3) is 3.94. The number of nitrogens with zero attached hydrogens (tertiary/aromatic N) is 3. The molecule has 0 spiro atoms. The van der Waals surface area contributed by atoms with Crippen molar-refractivity contribution in [3.05, 3.63) is 48.0 Å². The first kappa shape index (κ1) is 13.8. The van der Waals surface area contributed by atoms with Crippen molar-refractivity contribution in [3.8, 4) is 5.75 Å². The van der Waals surface area contributed by atoms with Gasteiger partial charge in [0.25, 0.3) is 0 Å². The molecule has 0 atom stereocenters. The van der Waals surface area contributed by atoms with Crippen LogP contribution < -0.4 is 5.32 Å². The number of rotatable bonds is 6. The van der Waals surface area contributed by atoms with E-state index in [1.54, 1.807) is 24.5 Å². The number of aromatic nitrogens is 2. The first-order valence-corrected chi connectivity index (χ1v) is 6.30. The SMILES string of the molecule is O/N=C/c1nc(CCCNc2ccncc2)ccc1O. The van der Waals surface area contributed by atoms with Gasteiger partial charge in [-0.25, -0.2) is 4.98 Å². The Morgan fingerprint density at radius 3 is 2.75 bits per heavy atom. The fraction of sp³-hybridized carbons (Fsp3) is 0.214. The summed E-state index contributed by atoms with van der Waals surface area (Å²) in [5.74, 6) is 0.00135. The molecule has 0 bridgehead atoms. The zero-order chi connectivity index (χ0) is 14.2. The minimum absolute atomic E-state index is 0.00135. The summed E-state index contributed by atoms with van der Waals surface area (Å²) in [5.41, 5.74) is 2.15. The summed E-state index contributed by atoms with van der Waals surface area (Å²) in [6.07, 6.45) is 6.27. The second-order valence-electron chi connectivity index (χ2n) is 4.22. The van der Waals surface area contributed by atoms with Crippen LogP contribution in [0, 0.1) is 0 Å². The third-order valence-corrected chi connectivity index (χ3v) is 2.76. The number of aryl methyl sites for hydroxylation is 1. The Bertz CT molecular complexity index is 573. The van der Waals surface area contributed by atoms with Gasteiger partial charge in [0, 0.05) is 30.3 Å². The molecule has 2 aromatic rings. The van der Waals surface area contributed by atoms with Crippen LogP contribution in [0.3, 0.4) is 0 Å². The van der Waals surface area contributed by atoms with E-state index in [0.29, 0.717) is 0 Å². The number of anilines is 1. The molecular formula is C14H16N4O2. The van der Waals surface area contributed by atoms with Gasteiger partial charge in [-0.3, -0.25) is 4.98 Å². The second-order valence-corrected chi connectivity index (χ2v) is 4.22. The first-order chi connectivity index (χ1) is 9.79. The average Bonchev–Trinajstić information content (AvgIpc) is 2.48. The maximum absolute atomic E-state index is 9.50. The van der Waals surface area contributed by atoms with Crippen LogP contribution in [-0.4, -0.2) is 33.0 Å². The van der Waals surface area contributed by atoms with Crippen LogP contribution in [0.25, 0.3) is 0 Å². The summed E-state index contributed by atoms with van der Waals surface area (Å²) >= 11 is 0. The summed E-state index contributed by atoms with van der Waals surface area (Å²) in [6.45, 7) is 0.815. The molecule has 6 nitrogen and oxygen atoms in total. The molecule has 2 aromatic heterocycles. The van der Waals surface area contributed by atoms with Gasteiger partial charge in [0.05, 0.1) is 6.21 Å². The van der Waals surface area contributed by atoms with E-state index in [9.17, 15) is 5.11 Å². The highest BCUT2D eigenvalue weighted by Gasteiger charge is 2.02.